The van der Waals surface area contributed by atoms with E-state index in [2.05, 4.69) is 30.3 Å². The van der Waals surface area contributed by atoms with Crippen molar-refractivity contribution in [2.24, 2.45) is 0 Å². The molecule has 1 rings (SSSR count). The van der Waals surface area contributed by atoms with Crippen LogP contribution in [0.2, 0.25) is 6.04 Å². The summed E-state index contributed by atoms with van der Waals surface area (Å²) in [6, 6.07) is 12.0. The molecule has 1 nitrogen and oxygen atoms in total. The molecule has 12 heavy (non-hydrogen) atoms. The Morgan fingerprint density at radius 2 is 2.00 bits per heavy atom. The highest BCUT2D eigenvalue weighted by molar-refractivity contribution is 6.34. The molecular weight excluding hydrogens is 180 g/mol. The van der Waals surface area contributed by atoms with Crippen molar-refractivity contribution in [3.63, 3.8) is 0 Å². The second-order valence-electron chi connectivity index (χ2n) is 2.94. The fourth-order valence-corrected chi connectivity index (χ4v) is 2.83. The minimum Gasteiger partial charge on any atom is -0.468 e. The predicted octanol–water partition coefficient (Wildman–Crippen LogP) is 0.418. The van der Waals surface area contributed by atoms with Crippen molar-refractivity contribution in [3.05, 3.63) is 35.9 Å². The van der Waals surface area contributed by atoms with Gasteiger partial charge in [-0.2, -0.15) is 0 Å². The van der Waals surface area contributed by atoms with Crippen LogP contribution in [0.4, 0.5) is 0 Å². The van der Waals surface area contributed by atoms with E-state index in [1.54, 1.807) is 0 Å². The zero-order valence-electron chi connectivity index (χ0n) is 7.62. The van der Waals surface area contributed by atoms with Gasteiger partial charge in [-0.15, -0.1) is 0 Å². The standard InChI is InChI=1S/C9H16OSi2/c11-10-12-8-4-7-9-5-2-1-3-6-9/h1-3,5-6H,4,7-8,12H2,11H3. The van der Waals surface area contributed by atoms with E-state index >= 15 is 0 Å². The lowest BCUT2D eigenvalue weighted by Gasteiger charge is -1.99. The van der Waals surface area contributed by atoms with Crippen LogP contribution in [0.25, 0.3) is 0 Å². The van der Waals surface area contributed by atoms with Crippen molar-refractivity contribution in [3.8, 4) is 0 Å². The lowest BCUT2D eigenvalue weighted by atomic mass is 10.1. The lowest BCUT2D eigenvalue weighted by molar-refractivity contribution is 0.653. The van der Waals surface area contributed by atoms with E-state index in [-0.39, 0.29) is 9.76 Å². The molecule has 0 amide bonds. The third kappa shape index (κ3) is 3.85. The van der Waals surface area contributed by atoms with Crippen LogP contribution in [0.5, 0.6) is 0 Å². The van der Waals surface area contributed by atoms with E-state index in [1.165, 1.54) is 24.4 Å². The van der Waals surface area contributed by atoms with Crippen LogP contribution in [0, 0.1) is 0 Å². The predicted molar refractivity (Wildman–Crippen MR) is 59.1 cm³/mol. The molecule has 0 atom stereocenters. The fourth-order valence-electron chi connectivity index (χ4n) is 1.22. The Bertz CT molecular complexity index is 201. The van der Waals surface area contributed by atoms with Gasteiger partial charge in [0.15, 0.2) is 0 Å². The van der Waals surface area contributed by atoms with Crippen LogP contribution < -0.4 is 0 Å². The molecule has 0 fully saturated rings. The maximum absolute atomic E-state index is 5.26. The zero-order chi connectivity index (χ0) is 8.65. The summed E-state index contributed by atoms with van der Waals surface area (Å²) in [7, 11) is 0.805. The highest BCUT2D eigenvalue weighted by Crippen LogP contribution is 2.03. The molecule has 0 N–H and O–H groups in total. The molecule has 0 radical (unpaired) electrons. The molecule has 3 heteroatoms. The van der Waals surface area contributed by atoms with E-state index in [4.69, 9.17) is 4.12 Å². The summed E-state index contributed by atoms with van der Waals surface area (Å²) in [5.74, 6) is 0. The van der Waals surface area contributed by atoms with Gasteiger partial charge in [-0.25, -0.2) is 0 Å². The largest absolute Gasteiger partial charge is 0.468 e. The van der Waals surface area contributed by atoms with Crippen molar-refractivity contribution in [2.45, 2.75) is 18.9 Å². The van der Waals surface area contributed by atoms with E-state index in [0.717, 1.165) is 10.5 Å². The molecule has 0 aliphatic heterocycles. The van der Waals surface area contributed by atoms with Gasteiger partial charge in [0, 0.05) is 0 Å². The van der Waals surface area contributed by atoms with Crippen LogP contribution >= 0.6 is 0 Å². The Morgan fingerprint density at radius 1 is 1.25 bits per heavy atom. The first kappa shape index (κ1) is 9.70. The summed E-state index contributed by atoms with van der Waals surface area (Å²) in [5.41, 5.74) is 1.46. The summed E-state index contributed by atoms with van der Waals surface area (Å²) >= 11 is 0. The molecule has 0 heterocycles. The van der Waals surface area contributed by atoms with E-state index in [9.17, 15) is 0 Å². The SMILES string of the molecule is [SiH3]O[SiH2]CCCc1ccccc1. The van der Waals surface area contributed by atoms with Crippen molar-refractivity contribution < 1.29 is 4.12 Å². The van der Waals surface area contributed by atoms with Crippen LogP contribution in [0.1, 0.15) is 12.0 Å². The number of benzene rings is 1. The molecule has 66 valence electrons. The molecule has 0 unspecified atom stereocenters. The zero-order valence-corrected chi connectivity index (χ0v) is 11.0. The van der Waals surface area contributed by atoms with Gasteiger partial charge in [0.05, 0.1) is 0 Å². The molecule has 0 aromatic heterocycles. The first-order chi connectivity index (χ1) is 5.93. The summed E-state index contributed by atoms with van der Waals surface area (Å²) in [5, 5.41) is 0. The van der Waals surface area contributed by atoms with Gasteiger partial charge >= 0.3 is 0 Å². The van der Waals surface area contributed by atoms with E-state index in [0.29, 0.717) is 0 Å². The highest BCUT2D eigenvalue weighted by atomic mass is 28.3. The second-order valence-corrected chi connectivity index (χ2v) is 6.36. The molecule has 0 bridgehead atoms. The monoisotopic (exact) mass is 196 g/mol. The van der Waals surface area contributed by atoms with Gasteiger partial charge in [0.25, 0.3) is 0 Å². The van der Waals surface area contributed by atoms with Crippen LogP contribution in [0.15, 0.2) is 30.3 Å². The second kappa shape index (κ2) is 6.17. The minimum absolute atomic E-state index is 0.132. The van der Waals surface area contributed by atoms with Crippen molar-refractivity contribution >= 4 is 20.2 Å². The Morgan fingerprint density at radius 3 is 2.67 bits per heavy atom. The minimum atomic E-state index is -0.132. The number of aryl methyl sites for hydroxylation is 1. The summed E-state index contributed by atoms with van der Waals surface area (Å²) < 4.78 is 5.26. The molecule has 0 saturated carbocycles. The number of hydrogen-bond donors (Lipinski definition) is 0. The van der Waals surface area contributed by atoms with Crippen molar-refractivity contribution in [1.29, 1.82) is 0 Å². The van der Waals surface area contributed by atoms with Gasteiger partial charge in [-0.05, 0) is 18.0 Å². The fraction of sp³-hybridized carbons (Fsp3) is 0.333. The van der Waals surface area contributed by atoms with Gasteiger partial charge in [-0.1, -0.05) is 36.8 Å². The third-order valence-electron chi connectivity index (χ3n) is 1.91. The maximum Gasteiger partial charge on any atom is 0.145 e. The topological polar surface area (TPSA) is 9.23 Å². The van der Waals surface area contributed by atoms with E-state index in [1.807, 2.05) is 0 Å². The lowest BCUT2D eigenvalue weighted by Crippen LogP contribution is -1.95. The van der Waals surface area contributed by atoms with Gasteiger partial charge < -0.3 is 4.12 Å². The Balaban J connectivity index is 2.16. The molecule has 1 aromatic rings. The summed E-state index contributed by atoms with van der Waals surface area (Å²) in [6.45, 7) is 0. The average Bonchev–Trinajstić information content (AvgIpc) is 2.14. The quantitative estimate of drug-likeness (QED) is 0.490. The van der Waals surface area contributed by atoms with Gasteiger partial charge in [0.2, 0.25) is 0 Å². The first-order valence-electron chi connectivity index (χ1n) is 4.46. The van der Waals surface area contributed by atoms with E-state index < -0.39 is 0 Å². The van der Waals surface area contributed by atoms with Crippen molar-refractivity contribution in [1.82, 2.24) is 0 Å². The number of rotatable bonds is 5. The molecule has 0 saturated heterocycles. The van der Waals surface area contributed by atoms with Crippen LogP contribution in [0.3, 0.4) is 0 Å². The molecule has 0 spiro atoms. The molecule has 0 aliphatic carbocycles. The van der Waals surface area contributed by atoms with Gasteiger partial charge in [-0.3, -0.25) is 0 Å². The summed E-state index contributed by atoms with van der Waals surface area (Å²) in [4.78, 5) is 0. The Kier molecular flexibility index (Phi) is 4.98. The third-order valence-corrected chi connectivity index (χ3v) is 4.33. The molecule has 1 aromatic carbocycles. The maximum atomic E-state index is 5.26. The summed E-state index contributed by atoms with van der Waals surface area (Å²) in [6.07, 6.45) is 2.53. The normalized spacial score (nSPS) is 11.3. The van der Waals surface area contributed by atoms with Crippen molar-refractivity contribution in [2.75, 3.05) is 0 Å². The molecular formula is C9H16OSi2. The average molecular weight is 196 g/mol. The van der Waals surface area contributed by atoms with Crippen LogP contribution in [-0.2, 0) is 10.5 Å². The smallest absolute Gasteiger partial charge is 0.145 e. The number of hydrogen-bond acceptors (Lipinski definition) is 1. The molecule has 0 aliphatic rings. The first-order valence-corrected chi connectivity index (χ1v) is 6.86. The Hall–Kier alpha value is -0.386. The van der Waals surface area contributed by atoms with Crippen LogP contribution in [-0.4, -0.2) is 20.2 Å². The Labute approximate surface area is 79.6 Å². The highest BCUT2D eigenvalue weighted by Gasteiger charge is 1.91. The van der Waals surface area contributed by atoms with Gasteiger partial charge in [0.1, 0.15) is 20.2 Å².